The third-order valence-corrected chi connectivity index (χ3v) is 20.4. The summed E-state index contributed by atoms with van der Waals surface area (Å²) in [5, 5.41) is 7.80. The Labute approximate surface area is 631 Å². The molecular formula is C85H54B18. The molecule has 0 spiro atoms. The van der Waals surface area contributed by atoms with Crippen molar-refractivity contribution in [2.75, 3.05) is 0 Å². The van der Waals surface area contributed by atoms with Gasteiger partial charge in [0.25, 0.3) is 0 Å². The Morgan fingerprint density at radius 2 is 0.631 bits per heavy atom. The van der Waals surface area contributed by atoms with E-state index in [2.05, 4.69) is 243 Å². The molecule has 0 aromatic heterocycles. The third kappa shape index (κ3) is 13.8. The van der Waals surface area contributed by atoms with Gasteiger partial charge in [-0.15, -0.1) is 30.7 Å². The van der Waals surface area contributed by atoms with Crippen LogP contribution in [0.5, 0.6) is 0 Å². The predicted molar refractivity (Wildman–Crippen MR) is 465 cm³/mol. The number of hydrogen-bond acceptors (Lipinski definition) is 0. The molecule has 8 aromatic rings. The average molecular weight is 1270 g/mol. The van der Waals surface area contributed by atoms with Crippen LogP contribution in [0.2, 0.25) is 0 Å². The molecule has 0 atom stereocenters. The SMILES string of the molecule is [B][B]B([B])B(B([B])[B])c1c(B(B([B])[B])B([B])[B])c(C)c(C)c2c(C)c(-c3c4c(C)c(C)c(C)c(C)c4c(-c4c(C)c5c(C)c(C)c(C#CC)c(C#CC#C)c5c5c(C#CC#CC)c(C#CC#CC#C)c(C#CC#CC#CC)c(C#CC#CC#CC#C)c45)c4c(C)c(C)c(C)c(C)c34)c([B][B])c([B])c12. The first-order valence-corrected chi connectivity index (χ1v) is 33.2. The quantitative estimate of drug-likeness (QED) is 0.0680. The fraction of sp³-hybridized carbons (Fsp3) is 0.200. The monoisotopic (exact) mass is 1270 g/mol. The van der Waals surface area contributed by atoms with Gasteiger partial charge in [0.2, 0.25) is 0 Å². The summed E-state index contributed by atoms with van der Waals surface area (Å²) in [5.41, 5.74) is 21.4. The molecule has 448 valence electrons. The molecule has 0 fully saturated rings. The lowest BCUT2D eigenvalue weighted by atomic mass is 8.67. The van der Waals surface area contributed by atoms with Gasteiger partial charge >= 0.3 is 0 Å². The molecule has 103 heavy (non-hydrogen) atoms. The number of hydrogen-bond donors (Lipinski definition) is 0. The number of fused-ring (bicyclic) bond motifs is 6. The van der Waals surface area contributed by atoms with E-state index in [0.717, 1.165) is 132 Å². The van der Waals surface area contributed by atoms with Crippen molar-refractivity contribution < 1.29 is 0 Å². The van der Waals surface area contributed by atoms with Gasteiger partial charge in [-0.25, -0.2) is 0 Å². The number of aryl methyl sites for hydroxylation is 8. The molecule has 0 saturated heterocycles. The third-order valence-electron chi connectivity index (χ3n) is 20.4. The maximum atomic E-state index is 7.98. The molecule has 0 aliphatic rings. The summed E-state index contributed by atoms with van der Waals surface area (Å²) in [7, 11) is 72.1. The van der Waals surface area contributed by atoms with Crippen LogP contribution in [0.1, 0.15) is 132 Å². The zero-order chi connectivity index (χ0) is 75.9. The molecular weight excluding hydrogens is 1220 g/mol. The van der Waals surface area contributed by atoms with E-state index in [1.165, 1.54) is 7.06 Å². The molecule has 0 saturated carbocycles. The first-order chi connectivity index (χ1) is 49.1. The van der Waals surface area contributed by atoms with Crippen molar-refractivity contribution in [1.82, 2.24) is 0 Å². The molecule has 0 aliphatic carbocycles. The van der Waals surface area contributed by atoms with Crippen LogP contribution in [0.15, 0.2) is 0 Å². The van der Waals surface area contributed by atoms with Crippen LogP contribution in [0.4, 0.5) is 0 Å². The lowest BCUT2D eigenvalue weighted by molar-refractivity contribution is 1.24. The van der Waals surface area contributed by atoms with E-state index in [4.69, 9.17) is 96.7 Å². The van der Waals surface area contributed by atoms with E-state index in [1.807, 2.05) is 13.8 Å². The smallest absolute Gasteiger partial charge is 0.106 e. The minimum atomic E-state index is -1.09. The first-order valence-electron chi connectivity index (χ1n) is 33.2. The maximum Gasteiger partial charge on any atom is 0.113 e. The van der Waals surface area contributed by atoms with Crippen LogP contribution in [-0.4, -0.2) is 130 Å². The van der Waals surface area contributed by atoms with Crippen molar-refractivity contribution >= 4 is 206 Å². The summed E-state index contributed by atoms with van der Waals surface area (Å²) in [6, 6.07) is 0. The largest absolute Gasteiger partial charge is 0.113 e. The van der Waals surface area contributed by atoms with Crippen LogP contribution in [0.3, 0.4) is 0 Å². The van der Waals surface area contributed by atoms with Gasteiger partial charge in [-0.3, -0.25) is 0 Å². The molecule has 0 bridgehead atoms. The van der Waals surface area contributed by atoms with Crippen LogP contribution in [-0.2, 0) is 0 Å². The Morgan fingerprint density at radius 1 is 0.282 bits per heavy atom. The van der Waals surface area contributed by atoms with E-state index in [1.54, 1.807) is 27.9 Å². The number of terminal acetylenes is 3. The summed E-state index contributed by atoms with van der Waals surface area (Å²) in [6.45, 7) is 33.3. The topological polar surface area (TPSA) is 0 Å². The summed E-state index contributed by atoms with van der Waals surface area (Å²) >= 11 is 0. The second-order valence-electron chi connectivity index (χ2n) is 25.4. The van der Waals surface area contributed by atoms with Crippen LogP contribution in [0, 0.1) is 276 Å². The molecule has 0 nitrogen and oxygen atoms in total. The normalized spacial score (nSPS) is 9.61. The van der Waals surface area contributed by atoms with E-state index in [0.29, 0.717) is 76.8 Å². The Balaban J connectivity index is 1.97. The summed E-state index contributed by atoms with van der Waals surface area (Å²) < 4.78 is 0. The summed E-state index contributed by atoms with van der Waals surface area (Å²) in [5.74, 6) is 80.8. The van der Waals surface area contributed by atoms with Gasteiger partial charge in [-0.2, -0.15) is 0 Å². The summed E-state index contributed by atoms with van der Waals surface area (Å²) in [6.07, 6.45) is 13.3. The Morgan fingerprint density at radius 3 is 1.08 bits per heavy atom. The number of rotatable bonds is 10. The molecule has 8 rings (SSSR count). The fourth-order valence-electron chi connectivity index (χ4n) is 15.1. The molecule has 0 heterocycles. The fourth-order valence-corrected chi connectivity index (χ4v) is 15.1. The van der Waals surface area contributed by atoms with Gasteiger partial charge in [0.15, 0.2) is 0 Å². The Bertz CT molecular complexity index is 6040. The second kappa shape index (κ2) is 33.2. The zero-order valence-corrected chi connectivity index (χ0v) is 61.6. The first kappa shape index (κ1) is 78.4. The van der Waals surface area contributed by atoms with Crippen molar-refractivity contribution in [2.24, 2.45) is 0 Å². The van der Waals surface area contributed by atoms with Gasteiger partial charge in [0.1, 0.15) is 7.85 Å². The average Bonchev–Trinajstić information content (AvgIpc) is 0.683. The highest BCUT2D eigenvalue weighted by atomic mass is 14.4. The van der Waals surface area contributed by atoms with E-state index in [9.17, 15) is 0 Å². The van der Waals surface area contributed by atoms with Crippen LogP contribution in [0.25, 0.3) is 76.1 Å². The van der Waals surface area contributed by atoms with E-state index < -0.39 is 38.5 Å². The highest BCUT2D eigenvalue weighted by molar-refractivity contribution is 7.89. The van der Waals surface area contributed by atoms with Crippen molar-refractivity contribution in [2.45, 2.75) is 118 Å². The highest BCUT2D eigenvalue weighted by Gasteiger charge is 2.39. The minimum Gasteiger partial charge on any atom is -0.106 e. The maximum absolute atomic E-state index is 7.98. The Hall–Kier alpha value is -10.4. The van der Waals surface area contributed by atoms with E-state index >= 15 is 0 Å². The van der Waals surface area contributed by atoms with Crippen LogP contribution >= 0.6 is 0 Å². The molecule has 8 aromatic carbocycles. The molecule has 0 N–H and O–H groups in total. The molecule has 18 heteroatoms. The van der Waals surface area contributed by atoms with E-state index in [-0.39, 0.29) is 0 Å². The van der Waals surface area contributed by atoms with Crippen molar-refractivity contribution in [3.8, 4) is 201 Å². The standard InChI is InChI=1S/C85H54B18/c1-21-27-32-35-37-41-47-66-63(45-40-36-33-28-22-2)64(44-39-34-29-23-3)67(46-38-30-24-4)78-76-65(43-31-25-5)62(42-26-6)52(11)57(16)68(76)60(19)74(77(66)78)79-70-53(12)48(7)50(9)55(14)72(70)80(73-56(15)51(10)49(8)54(13)71(73)79)75-61(20)69-58(17)59(18)84(98(100(89)90)101(91)92)85(81(69)82(86)83(75)96-87)99(102(93)94)103(95)97-88/h1,3,5H,2,4,6-20H3. The predicted octanol–water partition coefficient (Wildman–Crippen LogP) is 6.04. The van der Waals surface area contributed by atoms with Gasteiger partial charge in [0, 0.05) is 130 Å². The number of benzene rings is 8. The summed E-state index contributed by atoms with van der Waals surface area (Å²) in [4.78, 5) is 0. The zero-order valence-electron chi connectivity index (χ0n) is 61.6. The van der Waals surface area contributed by atoms with Crippen molar-refractivity contribution in [3.05, 3.63) is 111 Å². The minimum absolute atomic E-state index is 0.310. The lowest BCUT2D eigenvalue weighted by Crippen LogP contribution is -2.72. The van der Waals surface area contributed by atoms with Gasteiger partial charge < -0.3 is 0 Å². The lowest BCUT2D eigenvalue weighted by Gasteiger charge is -2.37. The second-order valence-corrected chi connectivity index (χ2v) is 25.4. The molecule has 0 unspecified atom stereocenters. The van der Waals surface area contributed by atoms with Crippen molar-refractivity contribution in [3.63, 3.8) is 0 Å². The molecule has 22 radical (unpaired) electrons. The van der Waals surface area contributed by atoms with Crippen LogP contribution < -0.4 is 21.9 Å². The van der Waals surface area contributed by atoms with Gasteiger partial charge in [0.05, 0.1) is 42.4 Å². The van der Waals surface area contributed by atoms with Crippen molar-refractivity contribution in [1.29, 1.82) is 0 Å². The van der Waals surface area contributed by atoms with Gasteiger partial charge in [-0.05, 0) is 357 Å². The highest BCUT2D eigenvalue weighted by Crippen LogP contribution is 2.56. The molecule has 0 aliphatic heterocycles. The molecule has 0 amide bonds. The Kier molecular flexibility index (Phi) is 25.2. The van der Waals surface area contributed by atoms with Gasteiger partial charge in [-0.1, -0.05) is 69.3 Å².